The highest BCUT2D eigenvalue weighted by Gasteiger charge is 2.16. The molecule has 2 N–H and O–H groups in total. The first-order valence-electron chi connectivity index (χ1n) is 8.72. The first kappa shape index (κ1) is 16.7. The minimum Gasteiger partial charge on any atom is -0.352 e. The van der Waals surface area contributed by atoms with Crippen LogP contribution in [-0.4, -0.2) is 28.8 Å². The summed E-state index contributed by atoms with van der Waals surface area (Å²) in [4.78, 5) is 12.1. The predicted molar refractivity (Wildman–Crippen MR) is 95.1 cm³/mol. The maximum atomic E-state index is 12.1. The Kier molecular flexibility index (Phi) is 5.30. The quantitative estimate of drug-likeness (QED) is 0.857. The van der Waals surface area contributed by atoms with Crippen LogP contribution >= 0.6 is 0 Å². The highest BCUT2D eigenvalue weighted by molar-refractivity contribution is 5.76. The summed E-state index contributed by atoms with van der Waals surface area (Å²) < 4.78 is 1.95. The second kappa shape index (κ2) is 7.62. The summed E-state index contributed by atoms with van der Waals surface area (Å²) in [5, 5.41) is 11.0. The Hall–Kier alpha value is -2.14. The highest BCUT2D eigenvalue weighted by Crippen LogP contribution is 2.17. The average Bonchev–Trinajstić information content (AvgIpc) is 3.20. The van der Waals surface area contributed by atoms with Gasteiger partial charge in [0.25, 0.3) is 0 Å². The van der Waals surface area contributed by atoms with E-state index >= 15 is 0 Å². The van der Waals surface area contributed by atoms with Gasteiger partial charge in [0, 0.05) is 18.7 Å². The summed E-state index contributed by atoms with van der Waals surface area (Å²) in [6.07, 6.45) is 2.76. The van der Waals surface area contributed by atoms with Gasteiger partial charge in [-0.3, -0.25) is 4.79 Å². The second-order valence-corrected chi connectivity index (χ2v) is 6.64. The molecule has 1 aliphatic rings. The second-order valence-electron chi connectivity index (χ2n) is 6.64. The van der Waals surface area contributed by atoms with E-state index in [1.54, 1.807) is 0 Å². The number of nitrogens with zero attached hydrogens (tertiary/aromatic N) is 2. The number of hydrogen-bond acceptors (Lipinski definition) is 3. The topological polar surface area (TPSA) is 59.0 Å². The van der Waals surface area contributed by atoms with E-state index in [0.717, 1.165) is 42.1 Å². The first-order chi connectivity index (χ1) is 11.6. The first-order valence-corrected chi connectivity index (χ1v) is 8.72. The van der Waals surface area contributed by atoms with Crippen molar-refractivity contribution in [2.45, 2.75) is 39.7 Å². The lowest BCUT2D eigenvalue weighted by atomic mass is 10.0. The van der Waals surface area contributed by atoms with Crippen molar-refractivity contribution in [2.75, 3.05) is 13.1 Å². The van der Waals surface area contributed by atoms with Gasteiger partial charge >= 0.3 is 0 Å². The van der Waals surface area contributed by atoms with E-state index in [0.29, 0.717) is 18.9 Å². The van der Waals surface area contributed by atoms with Crippen LogP contribution in [-0.2, 0) is 11.3 Å². The van der Waals surface area contributed by atoms with Gasteiger partial charge in [-0.15, -0.1) is 0 Å². The zero-order chi connectivity index (χ0) is 16.9. The van der Waals surface area contributed by atoms with E-state index in [9.17, 15) is 4.79 Å². The van der Waals surface area contributed by atoms with Gasteiger partial charge in [-0.2, -0.15) is 5.10 Å². The molecule has 3 rings (SSSR count). The fourth-order valence-electron chi connectivity index (χ4n) is 3.32. The van der Waals surface area contributed by atoms with Crippen LogP contribution in [0.15, 0.2) is 30.3 Å². The van der Waals surface area contributed by atoms with Gasteiger partial charge in [0.15, 0.2) is 0 Å². The van der Waals surface area contributed by atoms with Crippen LogP contribution < -0.4 is 10.6 Å². The molecule has 2 heterocycles. The van der Waals surface area contributed by atoms with Crippen molar-refractivity contribution in [1.82, 2.24) is 20.4 Å². The number of hydrogen-bond donors (Lipinski definition) is 2. The van der Waals surface area contributed by atoms with Gasteiger partial charge in [-0.05, 0) is 63.4 Å². The number of para-hydroxylation sites is 1. The lowest BCUT2D eigenvalue weighted by molar-refractivity contribution is -0.121. The van der Waals surface area contributed by atoms with Crippen molar-refractivity contribution in [3.63, 3.8) is 0 Å². The monoisotopic (exact) mass is 326 g/mol. The number of benzene rings is 1. The molecule has 0 bridgehead atoms. The summed E-state index contributed by atoms with van der Waals surface area (Å²) in [6, 6.07) is 10.2. The Balaban J connectivity index is 1.61. The van der Waals surface area contributed by atoms with Crippen LogP contribution in [0.25, 0.3) is 5.69 Å². The number of nitrogens with one attached hydrogen (secondary N) is 2. The van der Waals surface area contributed by atoms with Crippen molar-refractivity contribution in [3.05, 3.63) is 47.3 Å². The molecule has 0 saturated carbocycles. The van der Waals surface area contributed by atoms with Crippen LogP contribution in [0, 0.1) is 19.8 Å². The highest BCUT2D eigenvalue weighted by atomic mass is 16.1. The third kappa shape index (κ3) is 4.03. The third-order valence-electron chi connectivity index (χ3n) is 4.65. The maximum absolute atomic E-state index is 12.1. The molecule has 1 aromatic carbocycles. The Bertz CT molecular complexity index is 701. The van der Waals surface area contributed by atoms with Gasteiger partial charge in [0.2, 0.25) is 5.91 Å². The number of amides is 1. The molecule has 1 atom stereocenters. The Morgan fingerprint density at radius 3 is 2.92 bits per heavy atom. The third-order valence-corrected chi connectivity index (χ3v) is 4.65. The van der Waals surface area contributed by atoms with Crippen molar-refractivity contribution >= 4 is 5.91 Å². The average molecular weight is 326 g/mol. The summed E-state index contributed by atoms with van der Waals surface area (Å²) in [7, 11) is 0. The number of rotatable bonds is 6. The largest absolute Gasteiger partial charge is 0.352 e. The van der Waals surface area contributed by atoms with E-state index in [1.165, 1.54) is 6.42 Å². The molecule has 128 valence electrons. The summed E-state index contributed by atoms with van der Waals surface area (Å²) in [5.74, 6) is 0.780. The van der Waals surface area contributed by atoms with Gasteiger partial charge in [-0.1, -0.05) is 18.2 Å². The number of aromatic nitrogens is 2. The lowest BCUT2D eigenvalue weighted by Crippen LogP contribution is -2.24. The zero-order valence-electron chi connectivity index (χ0n) is 14.5. The van der Waals surface area contributed by atoms with Gasteiger partial charge in [-0.25, -0.2) is 4.68 Å². The van der Waals surface area contributed by atoms with Crippen molar-refractivity contribution in [2.24, 2.45) is 5.92 Å². The fraction of sp³-hybridized carbons (Fsp3) is 0.474. The normalized spacial score (nSPS) is 17.2. The van der Waals surface area contributed by atoms with Crippen molar-refractivity contribution in [1.29, 1.82) is 0 Å². The van der Waals surface area contributed by atoms with Crippen LogP contribution in [0.1, 0.15) is 36.2 Å². The molecule has 1 unspecified atom stereocenters. The molecule has 1 saturated heterocycles. The van der Waals surface area contributed by atoms with E-state index in [-0.39, 0.29) is 5.91 Å². The Labute approximate surface area is 143 Å². The van der Waals surface area contributed by atoms with Gasteiger partial charge in [0.05, 0.1) is 11.4 Å². The van der Waals surface area contributed by atoms with E-state index in [4.69, 9.17) is 0 Å². The van der Waals surface area contributed by atoms with Crippen molar-refractivity contribution in [3.8, 4) is 5.69 Å². The number of carbonyl (C=O) groups is 1. The van der Waals surface area contributed by atoms with Crippen LogP contribution in [0.5, 0.6) is 0 Å². The molecule has 1 aromatic heterocycles. The minimum absolute atomic E-state index is 0.130. The summed E-state index contributed by atoms with van der Waals surface area (Å²) in [6.45, 7) is 6.71. The fourth-order valence-corrected chi connectivity index (χ4v) is 3.32. The van der Waals surface area contributed by atoms with E-state index in [2.05, 4.69) is 21.8 Å². The molecule has 1 aliphatic heterocycles. The summed E-state index contributed by atoms with van der Waals surface area (Å²) in [5.41, 5.74) is 4.21. The maximum Gasteiger partial charge on any atom is 0.220 e. The Morgan fingerprint density at radius 2 is 2.21 bits per heavy atom. The predicted octanol–water partition coefficient (Wildman–Crippen LogP) is 2.50. The molecular weight excluding hydrogens is 300 g/mol. The van der Waals surface area contributed by atoms with Crippen LogP contribution in [0.4, 0.5) is 0 Å². The van der Waals surface area contributed by atoms with E-state index < -0.39 is 0 Å². The number of aryl methyl sites for hydroxylation is 2. The van der Waals surface area contributed by atoms with Gasteiger partial charge < -0.3 is 10.6 Å². The molecule has 2 aromatic rings. The van der Waals surface area contributed by atoms with Crippen molar-refractivity contribution < 1.29 is 4.79 Å². The molecule has 24 heavy (non-hydrogen) atoms. The lowest BCUT2D eigenvalue weighted by Gasteiger charge is -2.13. The standard InChI is InChI=1S/C19H26N4O/c1-14-11-15(2)23(22-14)18-6-4-3-5-17(18)13-21-19(24)8-7-16-9-10-20-12-16/h3-6,11,16,20H,7-10,12-13H2,1-2H3,(H,21,24). The molecular formula is C19H26N4O. The minimum atomic E-state index is 0.130. The summed E-state index contributed by atoms with van der Waals surface area (Å²) >= 11 is 0. The van der Waals surface area contributed by atoms with Gasteiger partial charge in [0.1, 0.15) is 0 Å². The molecule has 5 heteroatoms. The molecule has 0 radical (unpaired) electrons. The number of carbonyl (C=O) groups excluding carboxylic acids is 1. The zero-order valence-corrected chi connectivity index (χ0v) is 14.5. The van der Waals surface area contributed by atoms with E-state index in [1.807, 2.05) is 42.8 Å². The smallest absolute Gasteiger partial charge is 0.220 e. The van der Waals surface area contributed by atoms with Crippen LogP contribution in [0.3, 0.4) is 0 Å². The molecule has 0 spiro atoms. The molecule has 1 amide bonds. The molecule has 1 fully saturated rings. The molecule has 5 nitrogen and oxygen atoms in total. The SMILES string of the molecule is Cc1cc(C)n(-c2ccccc2CNC(=O)CCC2CCNC2)n1. The molecule has 0 aliphatic carbocycles. The Morgan fingerprint density at radius 1 is 1.38 bits per heavy atom. The van der Waals surface area contributed by atoms with Crippen LogP contribution in [0.2, 0.25) is 0 Å².